The summed E-state index contributed by atoms with van der Waals surface area (Å²) in [6.07, 6.45) is 0. The van der Waals surface area contributed by atoms with Gasteiger partial charge < -0.3 is 0 Å². The van der Waals surface area contributed by atoms with Crippen molar-refractivity contribution >= 4 is 48.6 Å². The summed E-state index contributed by atoms with van der Waals surface area (Å²) in [7, 11) is -2.26. The third-order valence-corrected chi connectivity index (χ3v) is 67.8. The van der Waals surface area contributed by atoms with Crippen LogP contribution in [0.1, 0.15) is 0 Å². The van der Waals surface area contributed by atoms with Gasteiger partial charge in [-0.3, -0.25) is 0 Å². The fraction of sp³-hybridized carbons (Fsp3) is 1.00. The van der Waals surface area contributed by atoms with Crippen LogP contribution in [0.5, 0.6) is 0 Å². The van der Waals surface area contributed by atoms with E-state index in [1.54, 1.807) is 9.89 Å². The first-order valence-electron chi connectivity index (χ1n) is 4.95. The van der Waals surface area contributed by atoms with E-state index in [0.717, 1.165) is 26.3 Å². The number of hydrogen-bond donors (Lipinski definition) is 0. The van der Waals surface area contributed by atoms with Gasteiger partial charge in [-0.25, -0.2) is 0 Å². The molecule has 1 rings (SSSR count). The third-order valence-electron chi connectivity index (χ3n) is 3.57. The summed E-state index contributed by atoms with van der Waals surface area (Å²) >= 11 is 2.22. The zero-order valence-electron chi connectivity index (χ0n) is 9.73. The first-order valence-corrected chi connectivity index (χ1v) is 23.1. The van der Waals surface area contributed by atoms with E-state index in [1.165, 1.54) is 0 Å². The molecule has 0 aromatic rings. The molecule has 0 amide bonds. The zero-order chi connectivity index (χ0) is 10.3. The van der Waals surface area contributed by atoms with Crippen LogP contribution in [0.2, 0.25) is 49.2 Å². The molecule has 0 spiro atoms. The SMILES string of the molecule is C[Si](C)(C)[Si]1([Si](C)(C)C)C[Se][Se]C1. The van der Waals surface area contributed by atoms with Crippen LogP contribution < -0.4 is 0 Å². The van der Waals surface area contributed by atoms with Gasteiger partial charge >= 0.3 is 97.7 Å². The summed E-state index contributed by atoms with van der Waals surface area (Å²) in [6, 6.07) is 0. The molecule has 0 nitrogen and oxygen atoms in total. The van der Waals surface area contributed by atoms with Gasteiger partial charge in [-0.2, -0.15) is 0 Å². The molecule has 0 aromatic heterocycles. The molecule has 0 atom stereocenters. The quantitative estimate of drug-likeness (QED) is 0.664. The molecule has 78 valence electrons. The summed E-state index contributed by atoms with van der Waals surface area (Å²) in [5.74, 6) is 0. The molecular weight excluding hydrogens is 338 g/mol. The standard InChI is InChI=1S/C8H22Se2Si3/c1-11(2,3)13(12(4,5)6)7-9-10-8-13/h7-8H2,1-6H3. The molecule has 0 aromatic carbocycles. The Morgan fingerprint density at radius 3 is 1.23 bits per heavy atom. The summed E-state index contributed by atoms with van der Waals surface area (Å²) in [5, 5.41) is 0. The number of rotatable bonds is 2. The van der Waals surface area contributed by atoms with Gasteiger partial charge in [-0.05, 0) is 0 Å². The first-order chi connectivity index (χ1) is 5.71. The molecule has 13 heavy (non-hydrogen) atoms. The maximum absolute atomic E-state index is 2.68. The van der Waals surface area contributed by atoms with E-state index < -0.39 is 22.3 Å². The van der Waals surface area contributed by atoms with Gasteiger partial charge in [0.1, 0.15) is 0 Å². The molecule has 0 aliphatic carbocycles. The Bertz CT molecular complexity index is 171. The van der Waals surface area contributed by atoms with Gasteiger partial charge in [-0.15, -0.1) is 0 Å². The van der Waals surface area contributed by atoms with Gasteiger partial charge in [0.15, 0.2) is 0 Å². The van der Waals surface area contributed by atoms with Crippen molar-refractivity contribution in [2.24, 2.45) is 0 Å². The van der Waals surface area contributed by atoms with Crippen molar-refractivity contribution in [2.45, 2.75) is 49.2 Å². The van der Waals surface area contributed by atoms with Crippen molar-refractivity contribution < 1.29 is 0 Å². The van der Waals surface area contributed by atoms with Gasteiger partial charge in [0.2, 0.25) is 0 Å². The van der Waals surface area contributed by atoms with Crippen LogP contribution in [-0.4, -0.2) is 48.6 Å². The van der Waals surface area contributed by atoms with Crippen molar-refractivity contribution in [2.75, 3.05) is 0 Å². The summed E-state index contributed by atoms with van der Waals surface area (Å²) in [5.41, 5.74) is 0. The van der Waals surface area contributed by atoms with E-state index >= 15 is 0 Å². The van der Waals surface area contributed by atoms with E-state index in [2.05, 4.69) is 39.3 Å². The fourth-order valence-corrected chi connectivity index (χ4v) is 116. The number of hydrogen-bond acceptors (Lipinski definition) is 0. The van der Waals surface area contributed by atoms with Crippen LogP contribution in [-0.2, 0) is 0 Å². The second-order valence-electron chi connectivity index (χ2n) is 6.11. The van der Waals surface area contributed by atoms with Crippen molar-refractivity contribution in [3.05, 3.63) is 0 Å². The monoisotopic (exact) mass is 362 g/mol. The second kappa shape index (κ2) is 3.93. The van der Waals surface area contributed by atoms with E-state index in [4.69, 9.17) is 0 Å². The molecule has 5 heteroatoms. The van der Waals surface area contributed by atoms with E-state index in [9.17, 15) is 0 Å². The third kappa shape index (κ3) is 2.27. The Labute approximate surface area is 97.1 Å². The van der Waals surface area contributed by atoms with Crippen LogP contribution >= 0.6 is 0 Å². The molecule has 1 saturated heterocycles. The van der Waals surface area contributed by atoms with Crippen molar-refractivity contribution in [3.63, 3.8) is 0 Å². The second-order valence-corrected chi connectivity index (χ2v) is 43.9. The Morgan fingerprint density at radius 1 is 0.769 bits per heavy atom. The Morgan fingerprint density at radius 2 is 1.08 bits per heavy atom. The molecule has 1 heterocycles. The van der Waals surface area contributed by atoms with E-state index in [-0.39, 0.29) is 0 Å². The Hall–Kier alpha value is 1.69. The predicted octanol–water partition coefficient (Wildman–Crippen LogP) is 2.52. The average molecular weight is 360 g/mol. The normalized spacial score (nSPS) is 23.5. The molecule has 0 bridgehead atoms. The first kappa shape index (κ1) is 12.8. The van der Waals surface area contributed by atoms with Crippen LogP contribution in [0.15, 0.2) is 0 Å². The predicted molar refractivity (Wildman–Crippen MR) is 73.6 cm³/mol. The topological polar surface area (TPSA) is 0 Å². The van der Waals surface area contributed by atoms with Crippen LogP contribution in [0.4, 0.5) is 0 Å². The minimum atomic E-state index is -0.778. The van der Waals surface area contributed by atoms with Gasteiger partial charge in [0.05, 0.1) is 0 Å². The van der Waals surface area contributed by atoms with Gasteiger partial charge in [0.25, 0.3) is 0 Å². The van der Waals surface area contributed by atoms with Crippen LogP contribution in [0.25, 0.3) is 0 Å². The summed E-state index contributed by atoms with van der Waals surface area (Å²) in [6.45, 7) is 16.1. The van der Waals surface area contributed by atoms with E-state index in [1.807, 2.05) is 0 Å². The van der Waals surface area contributed by atoms with Crippen molar-refractivity contribution in [1.82, 2.24) is 0 Å². The van der Waals surface area contributed by atoms with Gasteiger partial charge in [0, 0.05) is 0 Å². The van der Waals surface area contributed by atoms with Crippen LogP contribution in [0, 0.1) is 0 Å². The molecule has 1 aliphatic rings. The summed E-state index contributed by atoms with van der Waals surface area (Å²) in [4.78, 5) is 3.57. The molecule has 0 N–H and O–H groups in total. The molecule has 1 aliphatic heterocycles. The van der Waals surface area contributed by atoms with E-state index in [0.29, 0.717) is 0 Å². The maximum atomic E-state index is 2.68. The molecule has 1 fully saturated rings. The van der Waals surface area contributed by atoms with Crippen molar-refractivity contribution in [3.8, 4) is 0 Å². The Kier molecular flexibility index (Phi) is 3.85. The Balaban J connectivity index is 3.02. The molecule has 0 saturated carbocycles. The van der Waals surface area contributed by atoms with Crippen molar-refractivity contribution in [1.29, 1.82) is 0 Å². The molecule has 0 unspecified atom stereocenters. The zero-order valence-corrected chi connectivity index (χ0v) is 16.2. The van der Waals surface area contributed by atoms with Crippen LogP contribution in [0.3, 0.4) is 0 Å². The fourth-order valence-electron chi connectivity index (χ4n) is 2.32. The van der Waals surface area contributed by atoms with Gasteiger partial charge in [-0.1, -0.05) is 0 Å². The average Bonchev–Trinajstić information content (AvgIpc) is 2.28. The summed E-state index contributed by atoms with van der Waals surface area (Å²) < 4.78 is 0. The minimum absolute atomic E-state index is 0.702. The molecular formula is C8H22Se2Si3. The molecule has 0 radical (unpaired) electrons.